The Hall–Kier alpha value is -0.810. The van der Waals surface area contributed by atoms with E-state index in [0.717, 1.165) is 37.0 Å². The van der Waals surface area contributed by atoms with Gasteiger partial charge in [0.25, 0.3) is 0 Å². The van der Waals surface area contributed by atoms with E-state index in [2.05, 4.69) is 15.9 Å². The minimum absolute atomic E-state index is 0.276. The lowest BCUT2D eigenvalue weighted by Gasteiger charge is -2.16. The highest BCUT2D eigenvalue weighted by Gasteiger charge is 2.32. The second kappa shape index (κ2) is 5.05. The Morgan fingerprint density at radius 2 is 2.00 bits per heavy atom. The molecule has 0 aromatic heterocycles. The average molecular weight is 321 g/mol. The Bertz CT molecular complexity index is 480. The Morgan fingerprint density at radius 3 is 2.56 bits per heavy atom. The van der Waals surface area contributed by atoms with Crippen LogP contribution in [0.3, 0.4) is 0 Å². The lowest BCUT2D eigenvalue weighted by atomic mass is 9.99. The van der Waals surface area contributed by atoms with Gasteiger partial charge < -0.3 is 5.11 Å². The van der Waals surface area contributed by atoms with Crippen molar-refractivity contribution < 1.29 is 18.3 Å². The number of halogens is 4. The minimum Gasteiger partial charge on any atom is -0.384 e. The molecule has 2 rings (SSSR count). The topological polar surface area (TPSA) is 20.2 Å². The Kier molecular flexibility index (Phi) is 3.82. The number of allylic oxidation sites excluding steroid dienone is 1. The SMILES string of the molecule is OC(C1=CCCC1)c1cc(C(F)(F)F)ccc1Br. The summed E-state index contributed by atoms with van der Waals surface area (Å²) in [5.41, 5.74) is 0.339. The quantitative estimate of drug-likeness (QED) is 0.789. The predicted molar refractivity (Wildman–Crippen MR) is 66.0 cm³/mol. The number of benzene rings is 1. The summed E-state index contributed by atoms with van der Waals surface area (Å²) in [6.45, 7) is 0. The molecule has 1 unspecified atom stereocenters. The monoisotopic (exact) mass is 320 g/mol. The molecule has 5 heteroatoms. The van der Waals surface area contributed by atoms with Gasteiger partial charge in [-0.05, 0) is 48.6 Å². The van der Waals surface area contributed by atoms with Gasteiger partial charge in [0.2, 0.25) is 0 Å². The van der Waals surface area contributed by atoms with Gasteiger partial charge in [-0.25, -0.2) is 0 Å². The third-order valence-corrected chi connectivity index (χ3v) is 3.77. The van der Waals surface area contributed by atoms with E-state index in [1.807, 2.05) is 6.08 Å². The van der Waals surface area contributed by atoms with Gasteiger partial charge in [0.1, 0.15) is 6.10 Å². The first kappa shape index (κ1) is 13.6. The minimum atomic E-state index is -4.39. The summed E-state index contributed by atoms with van der Waals surface area (Å²) in [5, 5.41) is 10.1. The van der Waals surface area contributed by atoms with Crippen LogP contribution in [0.1, 0.15) is 36.5 Å². The fourth-order valence-corrected chi connectivity index (χ4v) is 2.54. The van der Waals surface area contributed by atoms with E-state index < -0.39 is 17.8 Å². The van der Waals surface area contributed by atoms with Crippen molar-refractivity contribution in [2.75, 3.05) is 0 Å². The molecule has 0 bridgehead atoms. The number of alkyl halides is 3. The maximum atomic E-state index is 12.6. The van der Waals surface area contributed by atoms with E-state index >= 15 is 0 Å². The Balaban J connectivity index is 2.37. The maximum absolute atomic E-state index is 12.6. The molecule has 1 nitrogen and oxygen atoms in total. The number of hydrogen-bond acceptors (Lipinski definition) is 1. The average Bonchev–Trinajstić information content (AvgIpc) is 2.80. The van der Waals surface area contributed by atoms with Crippen molar-refractivity contribution in [3.8, 4) is 0 Å². The van der Waals surface area contributed by atoms with Crippen LogP contribution in [0.4, 0.5) is 13.2 Å². The molecule has 0 heterocycles. The lowest BCUT2D eigenvalue weighted by Crippen LogP contribution is -2.08. The molecule has 0 radical (unpaired) electrons. The normalized spacial score (nSPS) is 17.7. The Labute approximate surface area is 111 Å². The first-order valence-corrected chi connectivity index (χ1v) is 6.42. The molecule has 98 valence electrons. The van der Waals surface area contributed by atoms with Crippen molar-refractivity contribution in [2.45, 2.75) is 31.5 Å². The number of hydrogen-bond donors (Lipinski definition) is 1. The van der Waals surface area contributed by atoms with Crippen LogP contribution in [0.2, 0.25) is 0 Å². The third-order valence-electron chi connectivity index (χ3n) is 3.05. The summed E-state index contributed by atoms with van der Waals surface area (Å²) in [6.07, 6.45) is -0.879. The van der Waals surface area contributed by atoms with Crippen molar-refractivity contribution in [1.29, 1.82) is 0 Å². The Morgan fingerprint density at radius 1 is 1.28 bits per heavy atom. The smallest absolute Gasteiger partial charge is 0.384 e. The number of aliphatic hydroxyl groups is 1. The summed E-state index contributed by atoms with van der Waals surface area (Å²) in [6, 6.07) is 3.34. The first-order valence-electron chi connectivity index (χ1n) is 5.63. The predicted octanol–water partition coefficient (Wildman–Crippen LogP) is 4.61. The van der Waals surface area contributed by atoms with Crippen LogP contribution >= 0.6 is 15.9 Å². The van der Waals surface area contributed by atoms with E-state index in [1.165, 1.54) is 6.07 Å². The van der Waals surface area contributed by atoms with E-state index in [1.54, 1.807) is 0 Å². The summed E-state index contributed by atoms with van der Waals surface area (Å²) in [7, 11) is 0. The molecule has 1 aliphatic rings. The summed E-state index contributed by atoms with van der Waals surface area (Å²) in [4.78, 5) is 0. The van der Waals surface area contributed by atoms with Crippen LogP contribution < -0.4 is 0 Å². The molecule has 0 saturated heterocycles. The zero-order valence-electron chi connectivity index (χ0n) is 9.47. The maximum Gasteiger partial charge on any atom is 0.416 e. The molecule has 0 aliphatic heterocycles. The molecule has 1 atom stereocenters. The van der Waals surface area contributed by atoms with E-state index in [9.17, 15) is 18.3 Å². The van der Waals surface area contributed by atoms with Crippen LogP contribution in [0, 0.1) is 0 Å². The highest BCUT2D eigenvalue weighted by atomic mass is 79.9. The molecule has 0 spiro atoms. The summed E-state index contributed by atoms with van der Waals surface area (Å²) < 4.78 is 38.4. The third kappa shape index (κ3) is 2.78. The summed E-state index contributed by atoms with van der Waals surface area (Å²) >= 11 is 3.19. The molecular formula is C13H12BrF3O. The highest BCUT2D eigenvalue weighted by molar-refractivity contribution is 9.10. The second-order valence-corrected chi connectivity index (χ2v) is 5.16. The van der Waals surface area contributed by atoms with Crippen LogP contribution in [-0.4, -0.2) is 5.11 Å². The van der Waals surface area contributed by atoms with Crippen LogP contribution in [0.15, 0.2) is 34.3 Å². The van der Waals surface area contributed by atoms with Crippen molar-refractivity contribution in [3.63, 3.8) is 0 Å². The number of aliphatic hydroxyl groups excluding tert-OH is 1. The fourth-order valence-electron chi connectivity index (χ4n) is 2.07. The van der Waals surface area contributed by atoms with Gasteiger partial charge >= 0.3 is 6.18 Å². The second-order valence-electron chi connectivity index (χ2n) is 4.31. The van der Waals surface area contributed by atoms with Crippen molar-refractivity contribution in [3.05, 3.63) is 45.4 Å². The van der Waals surface area contributed by atoms with Gasteiger partial charge in [-0.2, -0.15) is 13.2 Å². The van der Waals surface area contributed by atoms with Gasteiger partial charge in [-0.3, -0.25) is 0 Å². The molecule has 1 aromatic rings. The molecule has 1 aromatic carbocycles. The zero-order chi connectivity index (χ0) is 13.3. The molecule has 1 aliphatic carbocycles. The zero-order valence-corrected chi connectivity index (χ0v) is 11.1. The fraction of sp³-hybridized carbons (Fsp3) is 0.385. The van der Waals surface area contributed by atoms with Gasteiger partial charge in [0.15, 0.2) is 0 Å². The molecule has 1 N–H and O–H groups in total. The number of rotatable bonds is 2. The first-order chi connectivity index (χ1) is 8.39. The highest BCUT2D eigenvalue weighted by Crippen LogP contribution is 2.38. The largest absolute Gasteiger partial charge is 0.416 e. The van der Waals surface area contributed by atoms with Gasteiger partial charge in [-0.15, -0.1) is 0 Å². The van der Waals surface area contributed by atoms with E-state index in [4.69, 9.17) is 0 Å². The van der Waals surface area contributed by atoms with Crippen LogP contribution in [0.25, 0.3) is 0 Å². The summed E-state index contributed by atoms with van der Waals surface area (Å²) in [5.74, 6) is 0. The van der Waals surface area contributed by atoms with Crippen molar-refractivity contribution in [2.24, 2.45) is 0 Å². The van der Waals surface area contributed by atoms with Crippen LogP contribution in [-0.2, 0) is 6.18 Å². The van der Waals surface area contributed by atoms with Crippen molar-refractivity contribution >= 4 is 15.9 Å². The van der Waals surface area contributed by atoms with Crippen molar-refractivity contribution in [1.82, 2.24) is 0 Å². The molecular weight excluding hydrogens is 309 g/mol. The molecule has 18 heavy (non-hydrogen) atoms. The van der Waals surface area contributed by atoms with Crippen LogP contribution in [0.5, 0.6) is 0 Å². The van der Waals surface area contributed by atoms with Gasteiger partial charge in [0.05, 0.1) is 5.56 Å². The van der Waals surface area contributed by atoms with E-state index in [0.29, 0.717) is 4.47 Å². The molecule has 0 fully saturated rings. The molecule has 0 saturated carbocycles. The standard InChI is InChI=1S/C13H12BrF3O/c14-11-6-5-9(13(15,16)17)7-10(11)12(18)8-3-1-2-4-8/h3,5-7,12,18H,1-2,4H2. The van der Waals surface area contributed by atoms with E-state index in [-0.39, 0.29) is 5.56 Å². The molecule has 0 amide bonds. The van der Waals surface area contributed by atoms with Gasteiger partial charge in [-0.1, -0.05) is 22.0 Å². The lowest BCUT2D eigenvalue weighted by molar-refractivity contribution is -0.137. The van der Waals surface area contributed by atoms with Gasteiger partial charge in [0, 0.05) is 4.47 Å².